The summed E-state index contributed by atoms with van der Waals surface area (Å²) in [7, 11) is -0.699. The van der Waals surface area contributed by atoms with Crippen molar-refractivity contribution in [1.29, 1.82) is 5.26 Å². The summed E-state index contributed by atoms with van der Waals surface area (Å²) in [5.41, 5.74) is 0.405. The van der Waals surface area contributed by atoms with Crippen LogP contribution in [0.25, 0.3) is 0 Å². The Morgan fingerprint density at radius 1 is 1.20 bits per heavy atom. The van der Waals surface area contributed by atoms with Gasteiger partial charge < -0.3 is 9.31 Å². The second-order valence-electron chi connectivity index (χ2n) is 6.02. The zero-order valence-electron chi connectivity index (χ0n) is 12.5. The minimum absolute atomic E-state index is 0.105. The molecule has 0 amide bonds. The van der Waals surface area contributed by atoms with E-state index in [2.05, 4.69) is 6.07 Å². The van der Waals surface area contributed by atoms with Gasteiger partial charge in [-0.2, -0.15) is 5.26 Å². The molecular weight excluding hydrogens is 253 g/mol. The molecule has 20 heavy (non-hydrogen) atoms. The lowest BCUT2D eigenvalue weighted by Gasteiger charge is -2.32. The van der Waals surface area contributed by atoms with Crippen LogP contribution in [0.15, 0.2) is 18.2 Å². The Hall–Kier alpha value is -1.64. The van der Waals surface area contributed by atoms with Gasteiger partial charge in [-0.05, 0) is 40.7 Å². The fourth-order valence-corrected chi connectivity index (χ4v) is 2.18. The van der Waals surface area contributed by atoms with Crippen LogP contribution < -0.4 is 5.46 Å². The smallest absolute Gasteiger partial charge is 0.399 e. The van der Waals surface area contributed by atoms with Crippen molar-refractivity contribution in [2.24, 2.45) is 0 Å². The van der Waals surface area contributed by atoms with E-state index >= 15 is 0 Å². The minimum atomic E-state index is -0.699. The van der Waals surface area contributed by atoms with Crippen molar-refractivity contribution in [3.63, 3.8) is 0 Å². The number of rotatable bonds is 2. The molecule has 0 aliphatic carbocycles. The number of carbonyl (C=O) groups is 1. The van der Waals surface area contributed by atoms with Crippen LogP contribution in [0.2, 0.25) is 0 Å². The van der Waals surface area contributed by atoms with E-state index in [9.17, 15) is 10.1 Å². The molecule has 0 radical (unpaired) electrons. The van der Waals surface area contributed by atoms with Gasteiger partial charge in [0.15, 0.2) is 5.78 Å². The van der Waals surface area contributed by atoms with Crippen LogP contribution >= 0.6 is 0 Å². The first kappa shape index (κ1) is 14.8. The molecule has 0 aromatic heterocycles. The molecule has 1 aromatic carbocycles. The molecular formula is C15H18BNO3. The van der Waals surface area contributed by atoms with E-state index in [0.29, 0.717) is 16.6 Å². The average Bonchev–Trinajstić information content (AvgIpc) is 2.57. The van der Waals surface area contributed by atoms with Crippen LogP contribution in [-0.2, 0) is 9.31 Å². The lowest BCUT2D eigenvalue weighted by Crippen LogP contribution is -2.41. The Balaban J connectivity index is 2.55. The molecule has 1 heterocycles. The highest BCUT2D eigenvalue weighted by molar-refractivity contribution is 6.64. The van der Waals surface area contributed by atoms with E-state index in [4.69, 9.17) is 9.31 Å². The molecule has 4 nitrogen and oxygen atoms in total. The normalized spacial score (nSPS) is 19.7. The molecule has 1 saturated heterocycles. The quantitative estimate of drug-likeness (QED) is 0.610. The highest BCUT2D eigenvalue weighted by atomic mass is 16.7. The van der Waals surface area contributed by atoms with Gasteiger partial charge in [-0.1, -0.05) is 12.1 Å². The Bertz CT molecular complexity index is 586. The number of benzene rings is 1. The van der Waals surface area contributed by atoms with Gasteiger partial charge in [0.05, 0.1) is 22.8 Å². The molecule has 0 unspecified atom stereocenters. The number of hydrogen-bond acceptors (Lipinski definition) is 4. The minimum Gasteiger partial charge on any atom is -0.399 e. The van der Waals surface area contributed by atoms with E-state index in [0.717, 1.165) is 0 Å². The fraction of sp³-hybridized carbons (Fsp3) is 0.467. The SMILES string of the molecule is CC(=O)c1cccc(C#N)c1B1OC(C)(C)C(C)(C)O1. The molecule has 0 N–H and O–H groups in total. The number of carbonyl (C=O) groups excluding carboxylic acids is 1. The monoisotopic (exact) mass is 271 g/mol. The maximum atomic E-state index is 11.8. The highest BCUT2D eigenvalue weighted by Gasteiger charge is 2.53. The fourth-order valence-electron chi connectivity index (χ4n) is 2.18. The van der Waals surface area contributed by atoms with Crippen LogP contribution in [0.5, 0.6) is 0 Å². The maximum Gasteiger partial charge on any atom is 0.496 e. The second-order valence-corrected chi connectivity index (χ2v) is 6.02. The number of hydrogen-bond donors (Lipinski definition) is 0. The van der Waals surface area contributed by atoms with Crippen molar-refractivity contribution in [1.82, 2.24) is 0 Å². The molecule has 0 atom stereocenters. The molecule has 1 fully saturated rings. The van der Waals surface area contributed by atoms with Crippen molar-refractivity contribution in [3.8, 4) is 6.07 Å². The molecule has 0 saturated carbocycles. The molecule has 0 spiro atoms. The Morgan fingerprint density at radius 3 is 2.20 bits per heavy atom. The largest absolute Gasteiger partial charge is 0.496 e. The van der Waals surface area contributed by atoms with E-state index < -0.39 is 18.3 Å². The van der Waals surface area contributed by atoms with Gasteiger partial charge in [0.25, 0.3) is 0 Å². The summed E-state index contributed by atoms with van der Waals surface area (Å²) in [5.74, 6) is -0.105. The third-order valence-electron chi connectivity index (χ3n) is 4.09. The zero-order valence-corrected chi connectivity index (χ0v) is 12.5. The van der Waals surface area contributed by atoms with Gasteiger partial charge in [-0.25, -0.2) is 0 Å². The Labute approximate surface area is 119 Å². The lowest BCUT2D eigenvalue weighted by atomic mass is 9.72. The zero-order chi connectivity index (χ0) is 15.1. The van der Waals surface area contributed by atoms with E-state index in [1.807, 2.05) is 27.7 Å². The second kappa shape index (κ2) is 4.73. The summed E-state index contributed by atoms with van der Waals surface area (Å²) in [6.45, 7) is 9.24. The van der Waals surface area contributed by atoms with Gasteiger partial charge in [0, 0.05) is 11.0 Å². The van der Waals surface area contributed by atoms with Crippen LogP contribution in [0.3, 0.4) is 0 Å². The first-order valence-electron chi connectivity index (χ1n) is 6.59. The summed E-state index contributed by atoms with van der Waals surface area (Å²) < 4.78 is 11.9. The predicted octanol–water partition coefficient (Wildman–Crippen LogP) is 2.06. The molecule has 1 aromatic rings. The summed E-state index contributed by atoms with van der Waals surface area (Å²) in [4.78, 5) is 11.8. The van der Waals surface area contributed by atoms with Crippen molar-refractivity contribution < 1.29 is 14.1 Å². The van der Waals surface area contributed by atoms with E-state index in [1.54, 1.807) is 18.2 Å². The van der Waals surface area contributed by atoms with Crippen molar-refractivity contribution in [2.75, 3.05) is 0 Å². The average molecular weight is 271 g/mol. The molecule has 2 rings (SSSR count). The van der Waals surface area contributed by atoms with Crippen molar-refractivity contribution in [3.05, 3.63) is 29.3 Å². The number of nitrogens with zero attached hydrogens (tertiary/aromatic N) is 1. The highest BCUT2D eigenvalue weighted by Crippen LogP contribution is 2.36. The number of nitriles is 1. The van der Waals surface area contributed by atoms with Gasteiger partial charge in [0.1, 0.15) is 0 Å². The Morgan fingerprint density at radius 2 is 1.75 bits per heavy atom. The summed E-state index contributed by atoms with van der Waals surface area (Å²) in [6, 6.07) is 7.18. The maximum absolute atomic E-state index is 11.8. The summed E-state index contributed by atoms with van der Waals surface area (Å²) >= 11 is 0. The van der Waals surface area contributed by atoms with Crippen LogP contribution in [0, 0.1) is 11.3 Å². The molecule has 1 aliphatic heterocycles. The number of ketones is 1. The van der Waals surface area contributed by atoms with Crippen LogP contribution in [0.4, 0.5) is 0 Å². The summed E-state index contributed by atoms with van der Waals surface area (Å²) in [6.07, 6.45) is 0. The van der Waals surface area contributed by atoms with Gasteiger partial charge >= 0.3 is 7.12 Å². The van der Waals surface area contributed by atoms with Gasteiger partial charge in [-0.15, -0.1) is 0 Å². The van der Waals surface area contributed by atoms with Crippen molar-refractivity contribution in [2.45, 2.75) is 45.8 Å². The van der Waals surface area contributed by atoms with E-state index in [-0.39, 0.29) is 5.78 Å². The standard InChI is InChI=1S/C15H18BNO3/c1-10(18)12-8-6-7-11(9-17)13(12)16-19-14(2,3)15(4,5)20-16/h6-8H,1-5H3. The lowest BCUT2D eigenvalue weighted by molar-refractivity contribution is 0.00578. The topological polar surface area (TPSA) is 59.3 Å². The predicted molar refractivity (Wildman–Crippen MR) is 76.9 cm³/mol. The van der Waals surface area contributed by atoms with Gasteiger partial charge in [0.2, 0.25) is 0 Å². The first-order chi connectivity index (χ1) is 9.19. The van der Waals surface area contributed by atoms with Crippen LogP contribution in [0.1, 0.15) is 50.5 Å². The third kappa shape index (κ3) is 2.26. The van der Waals surface area contributed by atoms with Gasteiger partial charge in [-0.3, -0.25) is 4.79 Å². The van der Waals surface area contributed by atoms with Crippen molar-refractivity contribution >= 4 is 18.4 Å². The third-order valence-corrected chi connectivity index (χ3v) is 4.09. The first-order valence-corrected chi connectivity index (χ1v) is 6.59. The van der Waals surface area contributed by atoms with Crippen LogP contribution in [-0.4, -0.2) is 24.1 Å². The number of Topliss-reactive ketones (excluding diaryl/α,β-unsaturated/α-hetero) is 1. The molecule has 0 bridgehead atoms. The van der Waals surface area contributed by atoms with E-state index in [1.165, 1.54) is 6.92 Å². The molecule has 104 valence electrons. The molecule has 5 heteroatoms. The molecule has 1 aliphatic rings. The Kier molecular flexibility index (Phi) is 3.49. The summed E-state index contributed by atoms with van der Waals surface area (Å²) in [5, 5.41) is 9.27.